The minimum Gasteiger partial charge on any atom is -0.379 e. The summed E-state index contributed by atoms with van der Waals surface area (Å²) < 4.78 is 49.0. The van der Waals surface area contributed by atoms with Crippen molar-refractivity contribution >= 4 is 15.9 Å². The van der Waals surface area contributed by atoms with E-state index >= 15 is 0 Å². The molecule has 0 bridgehead atoms. The molecule has 0 aliphatic heterocycles. The van der Waals surface area contributed by atoms with Crippen molar-refractivity contribution in [1.82, 2.24) is 0 Å². The maximum Gasteiger partial charge on any atom is 0.418 e. The van der Waals surface area contributed by atoms with Crippen molar-refractivity contribution in [3.8, 4) is 0 Å². The van der Waals surface area contributed by atoms with E-state index in [1.807, 2.05) is 0 Å². The smallest absolute Gasteiger partial charge is 0.379 e. The first-order chi connectivity index (χ1) is 6.34. The van der Waals surface area contributed by atoms with Gasteiger partial charge < -0.3 is 5.11 Å². The molecule has 78 valence electrons. The highest BCUT2D eigenvalue weighted by atomic mass is 79.9. The van der Waals surface area contributed by atoms with Crippen LogP contribution in [0.4, 0.5) is 17.6 Å². The quantitative estimate of drug-likeness (QED) is 0.779. The third-order valence-electron chi connectivity index (χ3n) is 1.58. The molecule has 1 aromatic carbocycles. The topological polar surface area (TPSA) is 20.2 Å². The van der Waals surface area contributed by atoms with Gasteiger partial charge in [0.15, 0.2) is 6.10 Å². The highest BCUT2D eigenvalue weighted by molar-refractivity contribution is 9.10. The van der Waals surface area contributed by atoms with Crippen LogP contribution in [0.25, 0.3) is 0 Å². The zero-order valence-corrected chi connectivity index (χ0v) is 8.23. The molecule has 14 heavy (non-hydrogen) atoms. The van der Waals surface area contributed by atoms with E-state index in [4.69, 9.17) is 5.11 Å². The summed E-state index contributed by atoms with van der Waals surface area (Å²) in [4.78, 5) is 0. The Morgan fingerprint density at radius 3 is 2.29 bits per heavy atom. The molecule has 6 heteroatoms. The first-order valence-electron chi connectivity index (χ1n) is 3.52. The number of rotatable bonds is 1. The maximum atomic E-state index is 12.9. The van der Waals surface area contributed by atoms with E-state index < -0.39 is 23.7 Å². The van der Waals surface area contributed by atoms with Gasteiger partial charge in [-0.1, -0.05) is 22.0 Å². The van der Waals surface area contributed by atoms with E-state index in [0.29, 0.717) is 0 Å². The number of benzene rings is 1. The van der Waals surface area contributed by atoms with Gasteiger partial charge in [-0.15, -0.1) is 0 Å². The summed E-state index contributed by atoms with van der Waals surface area (Å²) >= 11 is 2.74. The van der Waals surface area contributed by atoms with Crippen molar-refractivity contribution < 1.29 is 22.7 Å². The monoisotopic (exact) mass is 272 g/mol. The lowest BCUT2D eigenvalue weighted by molar-refractivity contribution is -0.207. The van der Waals surface area contributed by atoms with E-state index in [9.17, 15) is 17.6 Å². The third kappa shape index (κ3) is 2.24. The highest BCUT2D eigenvalue weighted by Crippen LogP contribution is 2.37. The second-order valence-corrected chi connectivity index (χ2v) is 3.43. The van der Waals surface area contributed by atoms with E-state index in [1.54, 1.807) is 0 Å². The molecular formula is C8H5BrF4O. The number of halogens is 5. The van der Waals surface area contributed by atoms with E-state index in [2.05, 4.69) is 15.9 Å². The summed E-state index contributed by atoms with van der Waals surface area (Å²) in [5.74, 6) is -1.09. The predicted molar refractivity (Wildman–Crippen MR) is 45.1 cm³/mol. The molecule has 0 radical (unpaired) electrons. The minimum absolute atomic E-state index is 0.109. The van der Waals surface area contributed by atoms with Gasteiger partial charge in [-0.25, -0.2) is 4.39 Å². The van der Waals surface area contributed by atoms with E-state index in [1.165, 1.54) is 12.1 Å². The van der Waals surface area contributed by atoms with Crippen LogP contribution >= 0.6 is 15.9 Å². The first-order valence-corrected chi connectivity index (χ1v) is 4.32. The van der Waals surface area contributed by atoms with Crippen molar-refractivity contribution in [3.63, 3.8) is 0 Å². The van der Waals surface area contributed by atoms with Crippen molar-refractivity contribution in [2.24, 2.45) is 0 Å². The number of hydrogen-bond donors (Lipinski definition) is 1. The lowest BCUT2D eigenvalue weighted by Crippen LogP contribution is -2.21. The molecular weight excluding hydrogens is 268 g/mol. The number of alkyl halides is 3. The lowest BCUT2D eigenvalue weighted by atomic mass is 10.1. The van der Waals surface area contributed by atoms with Crippen LogP contribution in [0, 0.1) is 5.82 Å². The molecule has 1 nitrogen and oxygen atoms in total. The predicted octanol–water partition coefficient (Wildman–Crippen LogP) is 3.18. The molecule has 1 atom stereocenters. The lowest BCUT2D eigenvalue weighted by Gasteiger charge is -2.16. The van der Waals surface area contributed by atoms with Gasteiger partial charge in [-0.3, -0.25) is 0 Å². The Morgan fingerprint density at radius 2 is 1.86 bits per heavy atom. The summed E-state index contributed by atoms with van der Waals surface area (Å²) in [6.45, 7) is 0. The fourth-order valence-electron chi connectivity index (χ4n) is 0.936. The standard InChI is InChI=1S/C8H5BrF4O/c9-4-2-1-3-5(10)6(4)7(14)8(11,12)13/h1-3,7,14H. The Labute approximate surface area is 85.5 Å². The van der Waals surface area contributed by atoms with Gasteiger partial charge in [-0.05, 0) is 12.1 Å². The molecule has 0 amide bonds. The average Bonchev–Trinajstić information content (AvgIpc) is 2.01. The van der Waals surface area contributed by atoms with Crippen LogP contribution in [0.3, 0.4) is 0 Å². The normalized spacial score (nSPS) is 14.1. The van der Waals surface area contributed by atoms with Gasteiger partial charge in [0.25, 0.3) is 0 Å². The second kappa shape index (κ2) is 3.86. The molecule has 0 fully saturated rings. The summed E-state index contributed by atoms with van der Waals surface area (Å²) in [6, 6.07) is 3.33. The largest absolute Gasteiger partial charge is 0.418 e. The average molecular weight is 273 g/mol. The molecule has 0 aliphatic carbocycles. The van der Waals surface area contributed by atoms with Crippen molar-refractivity contribution in [2.45, 2.75) is 12.3 Å². The van der Waals surface area contributed by atoms with Crippen LogP contribution in [-0.4, -0.2) is 11.3 Å². The zero-order valence-electron chi connectivity index (χ0n) is 6.65. The van der Waals surface area contributed by atoms with Gasteiger partial charge in [0.05, 0.1) is 0 Å². The van der Waals surface area contributed by atoms with E-state index in [0.717, 1.165) is 6.07 Å². The highest BCUT2D eigenvalue weighted by Gasteiger charge is 2.41. The fraction of sp³-hybridized carbons (Fsp3) is 0.250. The molecule has 0 saturated heterocycles. The van der Waals surface area contributed by atoms with Gasteiger partial charge in [-0.2, -0.15) is 13.2 Å². The molecule has 0 spiro atoms. The van der Waals surface area contributed by atoms with Gasteiger partial charge in [0, 0.05) is 10.0 Å². The van der Waals surface area contributed by atoms with Crippen LogP contribution in [0.2, 0.25) is 0 Å². The summed E-state index contributed by atoms with van der Waals surface area (Å²) in [6.07, 6.45) is -7.68. The van der Waals surface area contributed by atoms with Gasteiger partial charge >= 0.3 is 6.18 Å². The molecule has 1 aromatic rings. The Kier molecular flexibility index (Phi) is 3.16. The minimum atomic E-state index is -4.87. The number of aliphatic hydroxyl groups excluding tert-OH is 1. The molecule has 0 heterocycles. The Balaban J connectivity index is 3.19. The first kappa shape index (κ1) is 11.5. The van der Waals surface area contributed by atoms with Crippen molar-refractivity contribution in [2.75, 3.05) is 0 Å². The summed E-state index contributed by atoms with van der Waals surface area (Å²) in [5, 5.41) is 8.82. The number of hydrogen-bond acceptors (Lipinski definition) is 1. The SMILES string of the molecule is OC(c1c(F)cccc1Br)C(F)(F)F. The Bertz CT molecular complexity index is 316. The third-order valence-corrected chi connectivity index (χ3v) is 2.27. The van der Waals surface area contributed by atoms with Crippen LogP contribution in [-0.2, 0) is 0 Å². The zero-order chi connectivity index (χ0) is 10.9. The molecule has 0 aromatic heterocycles. The van der Waals surface area contributed by atoms with Crippen LogP contribution in [0.15, 0.2) is 22.7 Å². The van der Waals surface area contributed by atoms with Gasteiger partial charge in [0.2, 0.25) is 0 Å². The van der Waals surface area contributed by atoms with Crippen molar-refractivity contribution in [1.29, 1.82) is 0 Å². The molecule has 0 aliphatic rings. The van der Waals surface area contributed by atoms with Crippen LogP contribution in [0.1, 0.15) is 11.7 Å². The molecule has 1 unspecified atom stereocenters. The fourth-order valence-corrected chi connectivity index (χ4v) is 1.49. The molecule has 0 saturated carbocycles. The second-order valence-electron chi connectivity index (χ2n) is 2.58. The Hall–Kier alpha value is -0.620. The molecule has 1 N–H and O–H groups in total. The maximum absolute atomic E-state index is 12.9. The van der Waals surface area contributed by atoms with E-state index in [-0.39, 0.29) is 4.47 Å². The van der Waals surface area contributed by atoms with Crippen LogP contribution < -0.4 is 0 Å². The number of aliphatic hydroxyl groups is 1. The summed E-state index contributed by atoms with van der Waals surface area (Å²) in [7, 11) is 0. The Morgan fingerprint density at radius 1 is 1.29 bits per heavy atom. The van der Waals surface area contributed by atoms with Gasteiger partial charge in [0.1, 0.15) is 5.82 Å². The van der Waals surface area contributed by atoms with Crippen LogP contribution in [0.5, 0.6) is 0 Å². The summed E-state index contributed by atoms with van der Waals surface area (Å²) in [5.41, 5.74) is -0.792. The molecule has 1 rings (SSSR count). The van der Waals surface area contributed by atoms with Crippen molar-refractivity contribution in [3.05, 3.63) is 34.1 Å².